The van der Waals surface area contributed by atoms with Gasteiger partial charge >= 0.3 is 0 Å². The quantitative estimate of drug-likeness (QED) is 0.739. The molecular weight excluding hydrogens is 269 g/mol. The highest BCUT2D eigenvalue weighted by atomic mass is 35.5. The van der Waals surface area contributed by atoms with Gasteiger partial charge in [0.25, 0.3) is 0 Å². The number of hydrogen-bond donors (Lipinski definition) is 0. The summed E-state index contributed by atoms with van der Waals surface area (Å²) in [6.07, 6.45) is 0. The Morgan fingerprint density at radius 1 is 1.21 bits per heavy atom. The van der Waals surface area contributed by atoms with Crippen molar-refractivity contribution in [2.45, 2.75) is 6.61 Å². The molecule has 6 heteroatoms. The van der Waals surface area contributed by atoms with Crippen LogP contribution >= 0.6 is 11.6 Å². The van der Waals surface area contributed by atoms with Crippen LogP contribution in [0.2, 0.25) is 5.02 Å². The molecule has 0 atom stereocenters. The summed E-state index contributed by atoms with van der Waals surface area (Å²) in [4.78, 5) is 6.76. The molecular formula is C13H9ClFN3O. The predicted octanol–water partition coefficient (Wildman–Crippen LogP) is 2.85. The van der Waals surface area contributed by atoms with E-state index < -0.39 is 0 Å². The fraction of sp³-hybridized carbons (Fsp3) is 0.0769. The SMILES string of the molecule is Fc1cccc(COn2nnc3ccc(Cl)cc32)c1. The summed E-state index contributed by atoms with van der Waals surface area (Å²) in [5.41, 5.74) is 2.07. The van der Waals surface area contributed by atoms with Crippen LogP contribution in [0.5, 0.6) is 0 Å². The Labute approximate surface area is 113 Å². The molecule has 0 unspecified atom stereocenters. The average Bonchev–Trinajstić information content (AvgIpc) is 2.79. The van der Waals surface area contributed by atoms with E-state index in [0.29, 0.717) is 21.6 Å². The zero-order chi connectivity index (χ0) is 13.2. The van der Waals surface area contributed by atoms with E-state index in [2.05, 4.69) is 10.3 Å². The average molecular weight is 278 g/mol. The van der Waals surface area contributed by atoms with Gasteiger partial charge in [0.2, 0.25) is 0 Å². The van der Waals surface area contributed by atoms with Gasteiger partial charge in [0.15, 0.2) is 0 Å². The number of fused-ring (bicyclic) bond motifs is 1. The lowest BCUT2D eigenvalue weighted by atomic mass is 10.2. The van der Waals surface area contributed by atoms with Crippen molar-refractivity contribution >= 4 is 22.6 Å². The molecule has 0 spiro atoms. The lowest BCUT2D eigenvalue weighted by Crippen LogP contribution is -2.12. The second-order valence-electron chi connectivity index (χ2n) is 4.00. The molecule has 96 valence electrons. The van der Waals surface area contributed by atoms with Gasteiger partial charge in [-0.15, -0.1) is 5.10 Å². The predicted molar refractivity (Wildman–Crippen MR) is 69.2 cm³/mol. The molecule has 1 heterocycles. The first-order valence-electron chi connectivity index (χ1n) is 5.61. The van der Waals surface area contributed by atoms with Crippen molar-refractivity contribution in [1.29, 1.82) is 0 Å². The highest BCUT2D eigenvalue weighted by Crippen LogP contribution is 2.16. The first-order valence-corrected chi connectivity index (χ1v) is 5.99. The largest absolute Gasteiger partial charge is 0.390 e. The molecule has 19 heavy (non-hydrogen) atoms. The summed E-state index contributed by atoms with van der Waals surface area (Å²) in [7, 11) is 0. The van der Waals surface area contributed by atoms with Crippen molar-refractivity contribution in [2.75, 3.05) is 0 Å². The van der Waals surface area contributed by atoms with Crippen molar-refractivity contribution in [1.82, 2.24) is 15.2 Å². The Bertz CT molecular complexity index is 729. The lowest BCUT2D eigenvalue weighted by Gasteiger charge is -2.05. The van der Waals surface area contributed by atoms with E-state index in [4.69, 9.17) is 16.4 Å². The van der Waals surface area contributed by atoms with Crippen LogP contribution in [0.4, 0.5) is 4.39 Å². The van der Waals surface area contributed by atoms with Crippen LogP contribution in [0.1, 0.15) is 5.56 Å². The minimum absolute atomic E-state index is 0.197. The van der Waals surface area contributed by atoms with E-state index in [1.807, 2.05) is 0 Å². The number of halogens is 2. The van der Waals surface area contributed by atoms with E-state index in [9.17, 15) is 4.39 Å². The third kappa shape index (κ3) is 2.51. The number of aromatic nitrogens is 3. The van der Waals surface area contributed by atoms with Crippen molar-refractivity contribution < 1.29 is 9.23 Å². The zero-order valence-corrected chi connectivity index (χ0v) is 10.5. The van der Waals surface area contributed by atoms with Gasteiger partial charge < -0.3 is 4.84 Å². The van der Waals surface area contributed by atoms with E-state index in [1.54, 1.807) is 30.3 Å². The smallest absolute Gasteiger partial charge is 0.142 e. The van der Waals surface area contributed by atoms with E-state index in [0.717, 1.165) is 0 Å². The molecule has 0 aliphatic carbocycles. The number of rotatable bonds is 3. The van der Waals surface area contributed by atoms with Gasteiger partial charge in [-0.05, 0) is 41.1 Å². The molecule has 0 N–H and O–H groups in total. The summed E-state index contributed by atoms with van der Waals surface area (Å²) >= 11 is 5.91. The number of nitrogens with zero attached hydrogens (tertiary/aromatic N) is 3. The fourth-order valence-corrected chi connectivity index (χ4v) is 1.90. The lowest BCUT2D eigenvalue weighted by molar-refractivity contribution is 0.0750. The summed E-state index contributed by atoms with van der Waals surface area (Å²) in [5, 5.41) is 8.39. The Morgan fingerprint density at radius 2 is 2.11 bits per heavy atom. The normalized spacial score (nSPS) is 10.8. The minimum Gasteiger partial charge on any atom is -0.390 e. The topological polar surface area (TPSA) is 39.9 Å². The Hall–Kier alpha value is -2.14. The van der Waals surface area contributed by atoms with Crippen molar-refractivity contribution in [2.24, 2.45) is 0 Å². The second kappa shape index (κ2) is 4.85. The maximum atomic E-state index is 13.0. The van der Waals surface area contributed by atoms with Gasteiger partial charge in [-0.3, -0.25) is 0 Å². The van der Waals surface area contributed by atoms with Crippen LogP contribution < -0.4 is 4.84 Å². The molecule has 0 aliphatic rings. The standard InChI is InChI=1S/C13H9ClFN3O/c14-10-4-5-12-13(7-10)18(17-16-12)19-8-9-2-1-3-11(15)6-9/h1-7H,8H2. The van der Waals surface area contributed by atoms with E-state index in [1.165, 1.54) is 17.0 Å². The van der Waals surface area contributed by atoms with Gasteiger partial charge in [0.05, 0.1) is 0 Å². The second-order valence-corrected chi connectivity index (χ2v) is 4.44. The zero-order valence-electron chi connectivity index (χ0n) is 9.75. The third-order valence-corrected chi connectivity index (χ3v) is 2.85. The molecule has 0 bridgehead atoms. The molecule has 4 nitrogen and oxygen atoms in total. The van der Waals surface area contributed by atoms with Crippen LogP contribution in [0, 0.1) is 5.82 Å². The summed E-state index contributed by atoms with van der Waals surface area (Å²) < 4.78 is 13.0. The minimum atomic E-state index is -0.299. The molecule has 3 aromatic rings. The molecule has 2 aromatic carbocycles. The van der Waals surface area contributed by atoms with Crippen LogP contribution in [-0.4, -0.2) is 15.2 Å². The first kappa shape index (κ1) is 11.9. The third-order valence-electron chi connectivity index (χ3n) is 2.62. The fourth-order valence-electron chi connectivity index (χ4n) is 1.73. The molecule has 0 amide bonds. The monoisotopic (exact) mass is 277 g/mol. The van der Waals surface area contributed by atoms with Crippen LogP contribution in [0.25, 0.3) is 11.0 Å². The Kier molecular flexibility index (Phi) is 3.05. The van der Waals surface area contributed by atoms with Gasteiger partial charge in [-0.25, -0.2) is 4.39 Å². The van der Waals surface area contributed by atoms with Crippen LogP contribution in [0.15, 0.2) is 42.5 Å². The number of benzene rings is 2. The van der Waals surface area contributed by atoms with Crippen molar-refractivity contribution in [3.05, 3.63) is 58.9 Å². The Morgan fingerprint density at radius 3 is 2.95 bits per heavy atom. The van der Waals surface area contributed by atoms with Gasteiger partial charge in [-0.1, -0.05) is 28.6 Å². The molecule has 0 saturated heterocycles. The number of hydrogen-bond acceptors (Lipinski definition) is 3. The van der Waals surface area contributed by atoms with Crippen LogP contribution in [-0.2, 0) is 6.61 Å². The maximum absolute atomic E-state index is 13.0. The van der Waals surface area contributed by atoms with Crippen molar-refractivity contribution in [3.63, 3.8) is 0 Å². The highest BCUT2D eigenvalue weighted by molar-refractivity contribution is 6.31. The van der Waals surface area contributed by atoms with Gasteiger partial charge in [-0.2, -0.15) is 0 Å². The molecule has 0 aliphatic heterocycles. The summed E-state index contributed by atoms with van der Waals surface area (Å²) in [5.74, 6) is -0.299. The van der Waals surface area contributed by atoms with Gasteiger partial charge in [0.1, 0.15) is 23.5 Å². The molecule has 0 fully saturated rings. The first-order chi connectivity index (χ1) is 9.22. The molecule has 1 aromatic heterocycles. The Balaban J connectivity index is 1.84. The molecule has 0 saturated carbocycles. The van der Waals surface area contributed by atoms with Gasteiger partial charge in [0, 0.05) is 5.02 Å². The summed E-state index contributed by atoms with van der Waals surface area (Å²) in [6, 6.07) is 11.4. The highest BCUT2D eigenvalue weighted by Gasteiger charge is 2.06. The maximum Gasteiger partial charge on any atom is 0.142 e. The molecule has 0 radical (unpaired) electrons. The summed E-state index contributed by atoms with van der Waals surface area (Å²) in [6.45, 7) is 0.197. The molecule has 3 rings (SSSR count). The van der Waals surface area contributed by atoms with E-state index >= 15 is 0 Å². The van der Waals surface area contributed by atoms with Crippen LogP contribution in [0.3, 0.4) is 0 Å². The van der Waals surface area contributed by atoms with Crippen molar-refractivity contribution in [3.8, 4) is 0 Å². The van der Waals surface area contributed by atoms with E-state index in [-0.39, 0.29) is 12.4 Å².